The van der Waals surface area contributed by atoms with E-state index in [1.165, 1.54) is 0 Å². The number of fused-ring (bicyclic) bond motifs is 3. The minimum atomic E-state index is -0.896. The average Bonchev–Trinajstić information content (AvgIpc) is 3.27. The maximum Gasteiger partial charge on any atom is 0.407 e. The zero-order chi connectivity index (χ0) is 30.1. The number of amides is 2. The summed E-state index contributed by atoms with van der Waals surface area (Å²) in [5.41, 5.74) is 5.88. The zero-order valence-electron chi connectivity index (χ0n) is 24.8. The molecule has 1 aliphatic carbocycles. The van der Waals surface area contributed by atoms with Gasteiger partial charge in [0.25, 0.3) is 0 Å². The van der Waals surface area contributed by atoms with E-state index in [4.69, 9.17) is 14.2 Å². The summed E-state index contributed by atoms with van der Waals surface area (Å²) in [5, 5.41) is 5.43. The molecule has 0 saturated heterocycles. The Hall–Kier alpha value is -4.33. The summed E-state index contributed by atoms with van der Waals surface area (Å²) in [6.45, 7) is 8.01. The highest BCUT2D eigenvalue weighted by Crippen LogP contribution is 2.44. The Morgan fingerprint density at radius 2 is 1.43 bits per heavy atom. The molecule has 0 saturated carbocycles. The number of aryl methyl sites for hydroxylation is 1. The summed E-state index contributed by atoms with van der Waals surface area (Å²) in [6.07, 6.45) is 0.304. The maximum absolute atomic E-state index is 13.1. The molecule has 2 N–H and O–H groups in total. The minimum Gasteiger partial charge on any atom is -0.459 e. The third kappa shape index (κ3) is 8.59. The molecule has 0 aliphatic heterocycles. The predicted octanol–water partition coefficient (Wildman–Crippen LogP) is 6.64. The highest BCUT2D eigenvalue weighted by atomic mass is 16.6. The number of carbonyl (C=O) groups excluding carboxylic acids is 3. The monoisotopic (exact) mass is 572 g/mol. The van der Waals surface area contributed by atoms with Gasteiger partial charge in [-0.2, -0.15) is 0 Å². The van der Waals surface area contributed by atoms with Gasteiger partial charge in [0.2, 0.25) is 0 Å². The highest BCUT2D eigenvalue weighted by Gasteiger charge is 2.30. The van der Waals surface area contributed by atoms with Crippen LogP contribution in [0.25, 0.3) is 11.1 Å². The summed E-state index contributed by atoms with van der Waals surface area (Å²) in [7, 11) is 0. The van der Waals surface area contributed by atoms with E-state index < -0.39 is 29.8 Å². The summed E-state index contributed by atoms with van der Waals surface area (Å²) >= 11 is 0. The molecule has 1 aliphatic rings. The molecule has 0 bridgehead atoms. The van der Waals surface area contributed by atoms with Crippen LogP contribution in [0.15, 0.2) is 72.8 Å². The summed E-state index contributed by atoms with van der Waals surface area (Å²) in [6, 6.07) is 23.0. The Bertz CT molecular complexity index is 1330. The molecule has 0 fully saturated rings. The van der Waals surface area contributed by atoms with Gasteiger partial charge in [-0.05, 0) is 74.8 Å². The van der Waals surface area contributed by atoms with E-state index in [1.54, 1.807) is 20.8 Å². The Morgan fingerprint density at radius 1 is 0.810 bits per heavy atom. The van der Waals surface area contributed by atoms with Gasteiger partial charge in [-0.1, -0.05) is 78.4 Å². The van der Waals surface area contributed by atoms with Crippen molar-refractivity contribution in [1.82, 2.24) is 10.6 Å². The van der Waals surface area contributed by atoms with Crippen molar-refractivity contribution in [2.24, 2.45) is 0 Å². The molecule has 8 heteroatoms. The smallest absolute Gasteiger partial charge is 0.407 e. The number of nitrogens with one attached hydrogen (secondary N) is 2. The van der Waals surface area contributed by atoms with Crippen molar-refractivity contribution < 1.29 is 28.6 Å². The number of rotatable bonds is 11. The molecule has 42 heavy (non-hydrogen) atoms. The van der Waals surface area contributed by atoms with Gasteiger partial charge in [0, 0.05) is 12.5 Å². The first-order chi connectivity index (χ1) is 20.1. The number of alkyl carbamates (subject to hydrolysis) is 2. The molecule has 0 unspecified atom stereocenters. The topological polar surface area (TPSA) is 103 Å². The lowest BCUT2D eigenvalue weighted by Gasteiger charge is -2.20. The maximum atomic E-state index is 13.1. The van der Waals surface area contributed by atoms with E-state index >= 15 is 0 Å². The van der Waals surface area contributed by atoms with Gasteiger partial charge in [0.15, 0.2) is 0 Å². The van der Waals surface area contributed by atoms with Crippen LogP contribution >= 0.6 is 0 Å². The first-order valence-corrected chi connectivity index (χ1v) is 14.4. The predicted molar refractivity (Wildman–Crippen MR) is 161 cm³/mol. The number of hydrogen-bond acceptors (Lipinski definition) is 6. The van der Waals surface area contributed by atoms with Crippen molar-refractivity contribution >= 4 is 18.2 Å². The van der Waals surface area contributed by atoms with Crippen molar-refractivity contribution in [3.05, 3.63) is 95.1 Å². The van der Waals surface area contributed by atoms with E-state index in [1.807, 2.05) is 55.5 Å². The van der Waals surface area contributed by atoms with E-state index in [9.17, 15) is 14.4 Å². The van der Waals surface area contributed by atoms with Gasteiger partial charge < -0.3 is 24.8 Å². The fourth-order valence-corrected chi connectivity index (χ4v) is 4.95. The summed E-state index contributed by atoms with van der Waals surface area (Å²) < 4.78 is 16.5. The van der Waals surface area contributed by atoms with Crippen LogP contribution in [0.1, 0.15) is 68.2 Å². The Morgan fingerprint density at radius 3 is 2.05 bits per heavy atom. The molecule has 8 nitrogen and oxygen atoms in total. The van der Waals surface area contributed by atoms with Crippen LogP contribution in [0.5, 0.6) is 0 Å². The third-order valence-electron chi connectivity index (χ3n) is 7.01. The van der Waals surface area contributed by atoms with Gasteiger partial charge in [0.05, 0.1) is 0 Å². The lowest BCUT2D eigenvalue weighted by atomic mass is 9.98. The summed E-state index contributed by atoms with van der Waals surface area (Å²) in [4.78, 5) is 37.9. The number of unbranched alkanes of at least 4 members (excludes halogenated alkanes) is 1. The largest absolute Gasteiger partial charge is 0.459 e. The van der Waals surface area contributed by atoms with Gasteiger partial charge in [-0.3, -0.25) is 0 Å². The highest BCUT2D eigenvalue weighted by molar-refractivity contribution is 5.82. The molecule has 222 valence electrons. The SMILES string of the molecule is Cc1ccc(COC(=O)[C@H](CCCCNC(=O)OC(C)(C)C)NC(=O)OCC2c3ccccc3-c3ccccc32)cc1. The lowest BCUT2D eigenvalue weighted by molar-refractivity contribution is -0.147. The molecular weight excluding hydrogens is 532 g/mol. The molecule has 4 rings (SSSR count). The zero-order valence-corrected chi connectivity index (χ0v) is 24.8. The Balaban J connectivity index is 1.33. The van der Waals surface area contributed by atoms with Crippen molar-refractivity contribution in [2.75, 3.05) is 13.2 Å². The minimum absolute atomic E-state index is 0.0889. The number of ether oxygens (including phenoxy) is 3. The fourth-order valence-electron chi connectivity index (χ4n) is 4.95. The van der Waals surface area contributed by atoms with Crippen LogP contribution < -0.4 is 10.6 Å². The van der Waals surface area contributed by atoms with Gasteiger partial charge >= 0.3 is 18.2 Å². The standard InChI is InChI=1S/C34H40N2O6/c1-23-16-18-24(19-17-23)21-40-31(37)30(15-9-10-20-35-32(38)42-34(2,3)4)36-33(39)41-22-29-27-13-7-5-11-25(27)26-12-6-8-14-28(26)29/h5-8,11-14,16-19,29-30H,9-10,15,20-22H2,1-4H3,(H,35,38)(H,36,39)/t30-/m0/s1. The molecule has 3 aromatic rings. The number of carbonyl (C=O) groups is 3. The van der Waals surface area contributed by atoms with E-state index in [2.05, 4.69) is 34.9 Å². The molecule has 2 amide bonds. The molecule has 0 spiro atoms. The molecule has 0 aromatic heterocycles. The molecular formula is C34H40N2O6. The van der Waals surface area contributed by atoms with Crippen molar-refractivity contribution in [3.8, 4) is 11.1 Å². The van der Waals surface area contributed by atoms with E-state index in [0.29, 0.717) is 25.8 Å². The first kappa shape index (κ1) is 30.6. The second kappa shape index (κ2) is 14.0. The molecule has 3 aromatic carbocycles. The third-order valence-corrected chi connectivity index (χ3v) is 7.01. The second-order valence-electron chi connectivity index (χ2n) is 11.5. The van der Waals surface area contributed by atoms with Crippen molar-refractivity contribution in [2.45, 2.75) is 71.1 Å². The fraction of sp³-hybridized carbons (Fsp3) is 0.382. The van der Waals surface area contributed by atoms with Crippen LogP contribution in [0.4, 0.5) is 9.59 Å². The molecule has 0 heterocycles. The van der Waals surface area contributed by atoms with E-state index in [-0.39, 0.29) is 19.1 Å². The molecule has 0 radical (unpaired) electrons. The number of benzene rings is 3. The van der Waals surface area contributed by atoms with Crippen LogP contribution in [-0.2, 0) is 25.6 Å². The quantitative estimate of drug-likeness (QED) is 0.152. The van der Waals surface area contributed by atoms with Crippen molar-refractivity contribution in [1.29, 1.82) is 0 Å². The van der Waals surface area contributed by atoms with E-state index in [0.717, 1.165) is 33.4 Å². The van der Waals surface area contributed by atoms with Crippen LogP contribution in [0, 0.1) is 6.92 Å². The van der Waals surface area contributed by atoms with Crippen molar-refractivity contribution in [3.63, 3.8) is 0 Å². The molecule has 1 atom stereocenters. The summed E-state index contributed by atoms with van der Waals surface area (Å²) in [5.74, 6) is -0.627. The normalized spacial score (nSPS) is 13.0. The number of esters is 1. The number of hydrogen-bond donors (Lipinski definition) is 2. The Labute approximate surface area is 247 Å². The average molecular weight is 573 g/mol. The first-order valence-electron chi connectivity index (χ1n) is 14.4. The van der Waals surface area contributed by atoms with Crippen LogP contribution in [0.3, 0.4) is 0 Å². The van der Waals surface area contributed by atoms with Gasteiger partial charge in [-0.25, -0.2) is 14.4 Å². The lowest BCUT2D eigenvalue weighted by Crippen LogP contribution is -2.42. The Kier molecular flexibility index (Phi) is 10.2. The van der Waals surface area contributed by atoms with Crippen LogP contribution in [-0.4, -0.2) is 43.0 Å². The second-order valence-corrected chi connectivity index (χ2v) is 11.5. The van der Waals surface area contributed by atoms with Crippen LogP contribution in [0.2, 0.25) is 0 Å². The van der Waals surface area contributed by atoms with Gasteiger partial charge in [-0.15, -0.1) is 0 Å². The van der Waals surface area contributed by atoms with Gasteiger partial charge in [0.1, 0.15) is 24.9 Å².